The highest BCUT2D eigenvalue weighted by atomic mass is 16.4. The average Bonchev–Trinajstić information content (AvgIpc) is 2.71. The summed E-state index contributed by atoms with van der Waals surface area (Å²) in [5, 5.41) is 17.5. The van der Waals surface area contributed by atoms with Gasteiger partial charge < -0.3 is 10.0 Å². The Balaban J connectivity index is 2.21. The van der Waals surface area contributed by atoms with Gasteiger partial charge in [0.25, 0.3) is 0 Å². The zero-order chi connectivity index (χ0) is 12.4. The molecule has 0 saturated carbocycles. The van der Waals surface area contributed by atoms with Crippen LogP contribution in [0.3, 0.4) is 0 Å². The van der Waals surface area contributed by atoms with E-state index in [1.54, 1.807) is 12.1 Å². The number of nitrogens with zero attached hydrogens (tertiary/aromatic N) is 2. The Labute approximate surface area is 97.9 Å². The van der Waals surface area contributed by atoms with Crippen molar-refractivity contribution in [1.82, 2.24) is 0 Å². The molecule has 2 rings (SSSR count). The van der Waals surface area contributed by atoms with Crippen LogP contribution in [0.25, 0.3) is 0 Å². The van der Waals surface area contributed by atoms with Crippen LogP contribution in [0.5, 0.6) is 0 Å². The van der Waals surface area contributed by atoms with Crippen molar-refractivity contribution in [3.63, 3.8) is 0 Å². The van der Waals surface area contributed by atoms with Crippen LogP contribution in [0.4, 0.5) is 5.69 Å². The summed E-state index contributed by atoms with van der Waals surface area (Å²) < 4.78 is 0. The maximum absolute atomic E-state index is 11.6. The molecule has 17 heavy (non-hydrogen) atoms. The van der Waals surface area contributed by atoms with Crippen molar-refractivity contribution in [2.75, 3.05) is 11.4 Å². The van der Waals surface area contributed by atoms with E-state index in [9.17, 15) is 9.59 Å². The monoisotopic (exact) mass is 230 g/mol. The van der Waals surface area contributed by atoms with Gasteiger partial charge in [-0.2, -0.15) is 5.26 Å². The van der Waals surface area contributed by atoms with Gasteiger partial charge in [0.15, 0.2) is 0 Å². The van der Waals surface area contributed by atoms with Crippen molar-refractivity contribution in [2.45, 2.75) is 6.42 Å². The van der Waals surface area contributed by atoms with Crippen molar-refractivity contribution in [3.05, 3.63) is 29.8 Å². The normalized spacial score (nSPS) is 19.1. The Bertz CT molecular complexity index is 501. The largest absolute Gasteiger partial charge is 0.478 e. The summed E-state index contributed by atoms with van der Waals surface area (Å²) in [7, 11) is 0. The zero-order valence-corrected chi connectivity index (χ0v) is 8.96. The highest BCUT2D eigenvalue weighted by Crippen LogP contribution is 2.24. The van der Waals surface area contributed by atoms with Gasteiger partial charge in [-0.1, -0.05) is 0 Å². The number of carboxylic acid groups (broad SMARTS) is 1. The molecule has 0 bridgehead atoms. The fraction of sp³-hybridized carbons (Fsp3) is 0.250. The Hall–Kier alpha value is -2.35. The van der Waals surface area contributed by atoms with Crippen LogP contribution in [-0.4, -0.2) is 23.5 Å². The molecule has 1 aliphatic heterocycles. The highest BCUT2D eigenvalue weighted by Gasteiger charge is 2.30. The smallest absolute Gasteiger partial charge is 0.335 e. The summed E-state index contributed by atoms with van der Waals surface area (Å²) in [5.74, 6) is -1.37. The summed E-state index contributed by atoms with van der Waals surface area (Å²) in [6, 6.07) is 8.13. The summed E-state index contributed by atoms with van der Waals surface area (Å²) in [5.41, 5.74) is 0.815. The van der Waals surface area contributed by atoms with Crippen LogP contribution < -0.4 is 4.90 Å². The SMILES string of the molecule is N#CC1CC(=O)N(c2ccc(C(=O)O)cc2)C1. The van der Waals surface area contributed by atoms with Crippen LogP contribution >= 0.6 is 0 Å². The van der Waals surface area contributed by atoms with Gasteiger partial charge in [-0.3, -0.25) is 4.79 Å². The van der Waals surface area contributed by atoms with Gasteiger partial charge in [-0.05, 0) is 24.3 Å². The fourth-order valence-electron chi connectivity index (χ4n) is 1.83. The van der Waals surface area contributed by atoms with E-state index in [2.05, 4.69) is 6.07 Å². The molecule has 1 heterocycles. The van der Waals surface area contributed by atoms with Crippen LogP contribution in [0.2, 0.25) is 0 Å². The van der Waals surface area contributed by atoms with Gasteiger partial charge >= 0.3 is 5.97 Å². The van der Waals surface area contributed by atoms with Gasteiger partial charge in [0.2, 0.25) is 5.91 Å². The quantitative estimate of drug-likeness (QED) is 0.829. The third kappa shape index (κ3) is 2.11. The lowest BCUT2D eigenvalue weighted by Crippen LogP contribution is -2.24. The summed E-state index contributed by atoms with van der Waals surface area (Å²) >= 11 is 0. The third-order valence-electron chi connectivity index (χ3n) is 2.73. The first-order chi connectivity index (χ1) is 8.11. The number of aromatic carboxylic acids is 1. The third-order valence-corrected chi connectivity index (χ3v) is 2.73. The molecule has 5 heteroatoms. The highest BCUT2D eigenvalue weighted by molar-refractivity contribution is 5.96. The maximum Gasteiger partial charge on any atom is 0.335 e. The number of amides is 1. The topological polar surface area (TPSA) is 81.4 Å². The molecule has 1 atom stereocenters. The van der Waals surface area contributed by atoms with Crippen molar-refractivity contribution in [1.29, 1.82) is 5.26 Å². The van der Waals surface area contributed by atoms with Gasteiger partial charge in [0, 0.05) is 18.7 Å². The van der Waals surface area contributed by atoms with E-state index in [4.69, 9.17) is 10.4 Å². The first-order valence-corrected chi connectivity index (χ1v) is 5.15. The summed E-state index contributed by atoms with van der Waals surface area (Å²) in [4.78, 5) is 23.8. The standard InChI is InChI=1S/C12H10N2O3/c13-6-8-5-11(15)14(7-8)10-3-1-9(2-4-10)12(16)17/h1-4,8H,5,7H2,(H,16,17). The van der Waals surface area contributed by atoms with Crippen LogP contribution in [0.1, 0.15) is 16.8 Å². The predicted octanol–water partition coefficient (Wildman–Crippen LogP) is 1.26. The van der Waals surface area contributed by atoms with E-state index >= 15 is 0 Å². The number of rotatable bonds is 2. The molecule has 0 aliphatic carbocycles. The number of carbonyl (C=O) groups is 2. The van der Waals surface area contributed by atoms with Gasteiger partial charge in [-0.15, -0.1) is 0 Å². The molecule has 0 aromatic heterocycles. The Morgan fingerprint density at radius 1 is 1.41 bits per heavy atom. The zero-order valence-electron chi connectivity index (χ0n) is 8.96. The van der Waals surface area contributed by atoms with Crippen molar-refractivity contribution < 1.29 is 14.7 Å². The van der Waals surface area contributed by atoms with Crippen LogP contribution in [0, 0.1) is 17.2 Å². The molecule has 5 nitrogen and oxygen atoms in total. The number of carboxylic acids is 1. The van der Waals surface area contributed by atoms with E-state index in [1.807, 2.05) is 0 Å². The van der Waals surface area contributed by atoms with E-state index < -0.39 is 5.97 Å². The van der Waals surface area contributed by atoms with Crippen LogP contribution in [0.15, 0.2) is 24.3 Å². The first kappa shape index (κ1) is 11.1. The number of carbonyl (C=O) groups excluding carboxylic acids is 1. The molecule has 0 radical (unpaired) electrons. The molecule has 1 aromatic rings. The second-order valence-electron chi connectivity index (χ2n) is 3.89. The van der Waals surface area contributed by atoms with Gasteiger partial charge in [-0.25, -0.2) is 4.79 Å². The molecule has 1 aromatic carbocycles. The number of hydrogen-bond acceptors (Lipinski definition) is 3. The molecule has 1 fully saturated rings. The molecule has 1 N–H and O–H groups in total. The molecular formula is C12H10N2O3. The molecule has 1 amide bonds. The lowest BCUT2D eigenvalue weighted by molar-refractivity contribution is -0.117. The van der Waals surface area contributed by atoms with Crippen LogP contribution in [-0.2, 0) is 4.79 Å². The Kier molecular flexibility index (Phi) is 2.79. The molecule has 1 unspecified atom stereocenters. The first-order valence-electron chi connectivity index (χ1n) is 5.15. The second kappa shape index (κ2) is 4.26. The predicted molar refractivity (Wildman–Crippen MR) is 59.5 cm³/mol. The number of benzene rings is 1. The van der Waals surface area contributed by atoms with E-state index in [1.165, 1.54) is 17.0 Å². The van der Waals surface area contributed by atoms with Crippen molar-refractivity contribution in [3.8, 4) is 6.07 Å². The molecule has 0 spiro atoms. The summed E-state index contributed by atoms with van der Waals surface area (Å²) in [6.45, 7) is 0.377. The number of nitriles is 1. The van der Waals surface area contributed by atoms with Crippen molar-refractivity contribution >= 4 is 17.6 Å². The van der Waals surface area contributed by atoms with E-state index in [-0.39, 0.29) is 23.8 Å². The lowest BCUT2D eigenvalue weighted by atomic mass is 10.1. The van der Waals surface area contributed by atoms with E-state index in [0.717, 1.165) is 0 Å². The maximum atomic E-state index is 11.6. The number of hydrogen-bond donors (Lipinski definition) is 1. The van der Waals surface area contributed by atoms with E-state index in [0.29, 0.717) is 12.2 Å². The minimum atomic E-state index is -1.00. The molecule has 86 valence electrons. The van der Waals surface area contributed by atoms with Crippen molar-refractivity contribution in [2.24, 2.45) is 5.92 Å². The minimum absolute atomic E-state index is 0.0976. The average molecular weight is 230 g/mol. The lowest BCUT2D eigenvalue weighted by Gasteiger charge is -2.15. The van der Waals surface area contributed by atoms with Gasteiger partial charge in [0.05, 0.1) is 17.6 Å². The Morgan fingerprint density at radius 2 is 2.06 bits per heavy atom. The summed E-state index contributed by atoms with van der Waals surface area (Å²) in [6.07, 6.45) is 0.233. The van der Waals surface area contributed by atoms with Gasteiger partial charge in [0.1, 0.15) is 0 Å². The number of anilines is 1. The second-order valence-corrected chi connectivity index (χ2v) is 3.89. The fourth-order valence-corrected chi connectivity index (χ4v) is 1.83. The molecule has 1 saturated heterocycles. The molecule has 1 aliphatic rings. The Morgan fingerprint density at radius 3 is 2.53 bits per heavy atom. The molecular weight excluding hydrogens is 220 g/mol. The minimum Gasteiger partial charge on any atom is -0.478 e.